The molecule has 0 aliphatic carbocycles. The zero-order valence-electron chi connectivity index (χ0n) is 34.3. The van der Waals surface area contributed by atoms with E-state index in [1.807, 2.05) is 0 Å². The van der Waals surface area contributed by atoms with Crippen molar-refractivity contribution in [2.24, 2.45) is 0 Å². The summed E-state index contributed by atoms with van der Waals surface area (Å²) in [4.78, 5) is 37.5. The van der Waals surface area contributed by atoms with Crippen LogP contribution in [-0.4, -0.2) is 37.2 Å². The van der Waals surface area contributed by atoms with E-state index in [-0.39, 0.29) is 31.1 Å². The molecule has 0 aliphatic rings. The first kappa shape index (κ1) is 49.6. The van der Waals surface area contributed by atoms with Gasteiger partial charge in [-0.3, -0.25) is 14.4 Å². The monoisotopic (exact) mass is 731 g/mol. The minimum Gasteiger partial charge on any atom is -0.462 e. The molecule has 0 aromatic carbocycles. The molecule has 0 aromatic heterocycles. The number of ether oxygens (including phenoxy) is 3. The van der Waals surface area contributed by atoms with Crippen molar-refractivity contribution in [1.82, 2.24) is 0 Å². The summed E-state index contributed by atoms with van der Waals surface area (Å²) in [6.07, 6.45) is 45.6. The summed E-state index contributed by atoms with van der Waals surface area (Å²) < 4.78 is 16.6. The zero-order chi connectivity index (χ0) is 38.0. The normalized spacial score (nSPS) is 12.3. The van der Waals surface area contributed by atoms with Crippen molar-refractivity contribution < 1.29 is 28.6 Å². The van der Waals surface area contributed by atoms with Gasteiger partial charge in [-0.05, 0) is 70.6 Å². The number of carbonyl (C=O) groups is 3. The lowest BCUT2D eigenvalue weighted by atomic mass is 10.1. The van der Waals surface area contributed by atoms with Crippen LogP contribution >= 0.6 is 0 Å². The Hall–Kier alpha value is -2.37. The molecule has 0 spiro atoms. The molecule has 0 saturated carbocycles. The lowest BCUT2D eigenvalue weighted by Gasteiger charge is -2.18. The highest BCUT2D eigenvalue weighted by atomic mass is 16.6. The first-order valence-electron chi connectivity index (χ1n) is 22.0. The van der Waals surface area contributed by atoms with Gasteiger partial charge in [-0.15, -0.1) is 0 Å². The molecule has 0 aliphatic heterocycles. The van der Waals surface area contributed by atoms with Crippen molar-refractivity contribution in [1.29, 1.82) is 0 Å². The van der Waals surface area contributed by atoms with Crippen molar-refractivity contribution in [3.05, 3.63) is 36.5 Å². The maximum atomic E-state index is 12.7. The number of esters is 3. The zero-order valence-corrected chi connectivity index (χ0v) is 34.3. The van der Waals surface area contributed by atoms with E-state index in [9.17, 15) is 14.4 Å². The second-order valence-electron chi connectivity index (χ2n) is 14.6. The van der Waals surface area contributed by atoms with Gasteiger partial charge in [0, 0.05) is 19.3 Å². The molecule has 6 nitrogen and oxygen atoms in total. The highest BCUT2D eigenvalue weighted by Gasteiger charge is 2.19. The van der Waals surface area contributed by atoms with Gasteiger partial charge in [-0.1, -0.05) is 166 Å². The average molecular weight is 731 g/mol. The predicted molar refractivity (Wildman–Crippen MR) is 219 cm³/mol. The van der Waals surface area contributed by atoms with Gasteiger partial charge in [-0.2, -0.15) is 0 Å². The quantitative estimate of drug-likeness (QED) is 0.0271. The van der Waals surface area contributed by atoms with E-state index in [4.69, 9.17) is 14.2 Å². The van der Waals surface area contributed by atoms with Gasteiger partial charge in [0.1, 0.15) is 13.2 Å². The highest BCUT2D eigenvalue weighted by Crippen LogP contribution is 2.13. The fourth-order valence-corrected chi connectivity index (χ4v) is 6.00. The number of carbonyl (C=O) groups excluding carboxylic acids is 3. The molecule has 0 radical (unpaired) electrons. The van der Waals surface area contributed by atoms with Crippen molar-refractivity contribution in [2.75, 3.05) is 13.2 Å². The summed E-state index contributed by atoms with van der Waals surface area (Å²) in [5.41, 5.74) is 0. The molecule has 1 atom stereocenters. The molecule has 0 saturated heterocycles. The van der Waals surface area contributed by atoms with E-state index >= 15 is 0 Å². The molecule has 1 unspecified atom stereocenters. The minimum atomic E-state index is -0.776. The van der Waals surface area contributed by atoms with E-state index in [2.05, 4.69) is 57.2 Å². The third kappa shape index (κ3) is 38.9. The molecule has 0 aromatic rings. The Morgan fingerprint density at radius 2 is 0.731 bits per heavy atom. The van der Waals surface area contributed by atoms with Crippen LogP contribution in [0.4, 0.5) is 0 Å². The van der Waals surface area contributed by atoms with Crippen LogP contribution in [0.2, 0.25) is 0 Å². The summed E-state index contributed by atoms with van der Waals surface area (Å²) in [5.74, 6) is -0.910. The Morgan fingerprint density at radius 3 is 1.15 bits per heavy atom. The maximum Gasteiger partial charge on any atom is 0.306 e. The summed E-state index contributed by atoms with van der Waals surface area (Å²) >= 11 is 0. The average Bonchev–Trinajstić information content (AvgIpc) is 3.14. The summed E-state index contributed by atoms with van der Waals surface area (Å²) in [7, 11) is 0. The third-order valence-electron chi connectivity index (χ3n) is 9.35. The SMILES string of the molecule is CCC/C=C\C/C=C\CCCCCCCC(=O)OC(COC(=O)CCCCCCC/C=C\CCCCCCC)COC(=O)CCCCCCCCC. The topological polar surface area (TPSA) is 78.9 Å². The predicted octanol–water partition coefficient (Wildman–Crippen LogP) is 13.8. The van der Waals surface area contributed by atoms with E-state index < -0.39 is 6.10 Å². The van der Waals surface area contributed by atoms with Crippen molar-refractivity contribution in [3.8, 4) is 0 Å². The number of allylic oxidation sites excluding steroid dienone is 6. The van der Waals surface area contributed by atoms with Crippen molar-refractivity contribution in [2.45, 2.75) is 226 Å². The molecule has 0 rings (SSSR count). The Labute approximate surface area is 321 Å². The molecular weight excluding hydrogens is 649 g/mol. The van der Waals surface area contributed by atoms with Gasteiger partial charge in [0.25, 0.3) is 0 Å². The molecular formula is C46H82O6. The summed E-state index contributed by atoms with van der Waals surface area (Å²) in [5, 5.41) is 0. The summed E-state index contributed by atoms with van der Waals surface area (Å²) in [6.45, 7) is 6.49. The van der Waals surface area contributed by atoms with Crippen LogP contribution in [0, 0.1) is 0 Å². The van der Waals surface area contributed by atoms with E-state index in [1.165, 1.54) is 83.5 Å². The molecule has 0 N–H and O–H groups in total. The number of rotatable bonds is 39. The Balaban J connectivity index is 4.35. The number of hydrogen-bond acceptors (Lipinski definition) is 6. The standard InChI is InChI=1S/C46H82O6/c1-4-7-10-13-16-18-20-22-24-25-27-30-33-36-39-45(48)51-42-43(41-50-44(47)38-35-32-29-15-12-9-6-3)52-46(49)40-37-34-31-28-26-23-21-19-17-14-11-8-5-2/h11,14,19-22,43H,4-10,12-13,15-18,23-42H2,1-3H3/b14-11-,21-19-,22-20-. The molecule has 52 heavy (non-hydrogen) atoms. The fraction of sp³-hybridized carbons (Fsp3) is 0.804. The summed E-state index contributed by atoms with van der Waals surface area (Å²) in [6, 6.07) is 0. The Bertz CT molecular complexity index is 891. The maximum absolute atomic E-state index is 12.7. The number of unbranched alkanes of at least 4 members (excludes halogenated alkanes) is 22. The fourth-order valence-electron chi connectivity index (χ4n) is 6.00. The Morgan fingerprint density at radius 1 is 0.385 bits per heavy atom. The van der Waals surface area contributed by atoms with E-state index in [0.29, 0.717) is 19.3 Å². The smallest absolute Gasteiger partial charge is 0.306 e. The van der Waals surface area contributed by atoms with Crippen LogP contribution in [0.5, 0.6) is 0 Å². The van der Waals surface area contributed by atoms with Gasteiger partial charge >= 0.3 is 17.9 Å². The first-order valence-corrected chi connectivity index (χ1v) is 22.0. The highest BCUT2D eigenvalue weighted by molar-refractivity contribution is 5.71. The van der Waals surface area contributed by atoms with Gasteiger partial charge in [0.05, 0.1) is 0 Å². The van der Waals surface area contributed by atoms with Crippen LogP contribution in [0.3, 0.4) is 0 Å². The molecule has 0 heterocycles. The van der Waals surface area contributed by atoms with Crippen LogP contribution in [-0.2, 0) is 28.6 Å². The van der Waals surface area contributed by atoms with Crippen LogP contribution < -0.4 is 0 Å². The molecule has 0 fully saturated rings. The minimum absolute atomic E-state index is 0.0798. The first-order chi connectivity index (χ1) is 25.5. The van der Waals surface area contributed by atoms with Crippen molar-refractivity contribution >= 4 is 17.9 Å². The lowest BCUT2D eigenvalue weighted by molar-refractivity contribution is -0.167. The Kier molecular flexibility index (Phi) is 39.5. The third-order valence-corrected chi connectivity index (χ3v) is 9.35. The van der Waals surface area contributed by atoms with E-state index in [1.54, 1.807) is 0 Å². The van der Waals surface area contributed by atoms with Gasteiger partial charge in [0.15, 0.2) is 6.10 Å². The molecule has 0 bridgehead atoms. The molecule has 0 amide bonds. The second kappa shape index (κ2) is 41.4. The van der Waals surface area contributed by atoms with E-state index in [0.717, 1.165) is 96.3 Å². The lowest BCUT2D eigenvalue weighted by Crippen LogP contribution is -2.30. The molecule has 6 heteroatoms. The van der Waals surface area contributed by atoms with Crippen LogP contribution in [0.25, 0.3) is 0 Å². The van der Waals surface area contributed by atoms with Gasteiger partial charge in [0.2, 0.25) is 0 Å². The van der Waals surface area contributed by atoms with Gasteiger partial charge < -0.3 is 14.2 Å². The second-order valence-corrected chi connectivity index (χ2v) is 14.6. The molecule has 302 valence electrons. The van der Waals surface area contributed by atoms with Crippen LogP contribution in [0.1, 0.15) is 220 Å². The van der Waals surface area contributed by atoms with Crippen LogP contribution in [0.15, 0.2) is 36.5 Å². The van der Waals surface area contributed by atoms with Crippen molar-refractivity contribution in [3.63, 3.8) is 0 Å². The number of hydrogen-bond donors (Lipinski definition) is 0. The largest absolute Gasteiger partial charge is 0.462 e. The van der Waals surface area contributed by atoms with Gasteiger partial charge in [-0.25, -0.2) is 0 Å².